The summed E-state index contributed by atoms with van der Waals surface area (Å²) in [4.78, 5) is 23.0. The van der Waals surface area contributed by atoms with Crippen LogP contribution in [0.3, 0.4) is 0 Å². The van der Waals surface area contributed by atoms with Crippen LogP contribution in [-0.4, -0.2) is 18.4 Å². The van der Waals surface area contributed by atoms with Crippen LogP contribution in [0.2, 0.25) is 0 Å². The Balaban J connectivity index is 2.92. The summed E-state index contributed by atoms with van der Waals surface area (Å²) in [5, 5.41) is 0. The highest BCUT2D eigenvalue weighted by molar-refractivity contribution is 6.08. The summed E-state index contributed by atoms with van der Waals surface area (Å²) in [7, 11) is 0. The first-order chi connectivity index (χ1) is 7.97. The smallest absolute Gasteiger partial charge is 0.316 e. The number of benzene rings is 1. The minimum Gasteiger partial charge on any atom is -0.465 e. The Bertz CT molecular complexity index is 443. The van der Waals surface area contributed by atoms with Crippen LogP contribution in [0.1, 0.15) is 24.2 Å². The standard InChI is InChI=1S/C12H12F2O3/c1-3-17-12(16)7(2)11(15)9-5-4-8(13)6-10(9)14/h4-7H,3H2,1-2H3. The number of ether oxygens (including phenoxy) is 1. The summed E-state index contributed by atoms with van der Waals surface area (Å²) >= 11 is 0. The van der Waals surface area contributed by atoms with Crippen LogP contribution in [0.5, 0.6) is 0 Å². The molecule has 5 heteroatoms. The van der Waals surface area contributed by atoms with E-state index in [9.17, 15) is 18.4 Å². The molecular formula is C12H12F2O3. The molecule has 0 radical (unpaired) electrons. The van der Waals surface area contributed by atoms with Gasteiger partial charge < -0.3 is 4.74 Å². The van der Waals surface area contributed by atoms with Crippen LogP contribution in [-0.2, 0) is 9.53 Å². The molecule has 0 saturated carbocycles. The van der Waals surface area contributed by atoms with E-state index in [0.29, 0.717) is 6.07 Å². The van der Waals surface area contributed by atoms with Crippen molar-refractivity contribution in [1.82, 2.24) is 0 Å². The molecule has 0 saturated heterocycles. The third-order valence-corrected chi connectivity index (χ3v) is 2.23. The van der Waals surface area contributed by atoms with Gasteiger partial charge >= 0.3 is 5.97 Å². The number of hydrogen-bond donors (Lipinski definition) is 0. The largest absolute Gasteiger partial charge is 0.465 e. The van der Waals surface area contributed by atoms with Gasteiger partial charge in [0.05, 0.1) is 12.2 Å². The highest BCUT2D eigenvalue weighted by Crippen LogP contribution is 2.15. The number of Topliss-reactive ketones (excluding diaryl/α,β-unsaturated/α-hetero) is 1. The Labute approximate surface area is 97.4 Å². The highest BCUT2D eigenvalue weighted by Gasteiger charge is 2.26. The number of rotatable bonds is 4. The SMILES string of the molecule is CCOC(=O)C(C)C(=O)c1ccc(F)cc1F. The molecule has 1 unspecified atom stereocenters. The van der Waals surface area contributed by atoms with Gasteiger partial charge in [-0.2, -0.15) is 0 Å². The van der Waals surface area contributed by atoms with Gasteiger partial charge in [0, 0.05) is 6.07 Å². The van der Waals surface area contributed by atoms with Crippen molar-refractivity contribution in [3.8, 4) is 0 Å². The first kappa shape index (κ1) is 13.3. The van der Waals surface area contributed by atoms with Gasteiger partial charge in [0.2, 0.25) is 0 Å². The molecule has 0 aliphatic carbocycles. The molecule has 1 rings (SSSR count). The minimum absolute atomic E-state index is 0.141. The van der Waals surface area contributed by atoms with Crippen LogP contribution in [0.15, 0.2) is 18.2 Å². The number of halogens is 2. The quantitative estimate of drug-likeness (QED) is 0.462. The zero-order valence-corrected chi connectivity index (χ0v) is 9.50. The molecule has 1 aromatic carbocycles. The summed E-state index contributed by atoms with van der Waals surface area (Å²) in [5.74, 6) is -4.30. The maximum atomic E-state index is 13.3. The highest BCUT2D eigenvalue weighted by atomic mass is 19.1. The Hall–Kier alpha value is -1.78. The molecule has 92 valence electrons. The molecule has 1 aromatic rings. The minimum atomic E-state index is -1.10. The Kier molecular flexibility index (Phi) is 4.31. The van der Waals surface area contributed by atoms with E-state index in [-0.39, 0.29) is 12.2 Å². The van der Waals surface area contributed by atoms with Crippen LogP contribution < -0.4 is 0 Å². The Morgan fingerprint density at radius 1 is 1.35 bits per heavy atom. The molecular weight excluding hydrogens is 230 g/mol. The van der Waals surface area contributed by atoms with Gasteiger partial charge in [-0.25, -0.2) is 8.78 Å². The monoisotopic (exact) mass is 242 g/mol. The third kappa shape index (κ3) is 3.09. The van der Waals surface area contributed by atoms with E-state index in [1.54, 1.807) is 6.92 Å². The summed E-state index contributed by atoms with van der Waals surface area (Å²) in [6.45, 7) is 3.07. The lowest BCUT2D eigenvalue weighted by atomic mass is 9.99. The van der Waals surface area contributed by atoms with Crippen molar-refractivity contribution < 1.29 is 23.1 Å². The number of ketones is 1. The summed E-state index contributed by atoms with van der Waals surface area (Å²) < 4.78 is 30.6. The second kappa shape index (κ2) is 5.52. The van der Waals surface area contributed by atoms with Crippen LogP contribution in [0.25, 0.3) is 0 Å². The topological polar surface area (TPSA) is 43.4 Å². The lowest BCUT2D eigenvalue weighted by Crippen LogP contribution is -2.24. The number of hydrogen-bond acceptors (Lipinski definition) is 3. The van der Waals surface area contributed by atoms with Crippen LogP contribution in [0, 0.1) is 17.6 Å². The van der Waals surface area contributed by atoms with E-state index in [0.717, 1.165) is 12.1 Å². The van der Waals surface area contributed by atoms with E-state index < -0.39 is 29.3 Å². The van der Waals surface area contributed by atoms with Gasteiger partial charge in [0.25, 0.3) is 0 Å². The fraction of sp³-hybridized carbons (Fsp3) is 0.333. The Morgan fingerprint density at radius 3 is 2.53 bits per heavy atom. The van der Waals surface area contributed by atoms with Crippen molar-refractivity contribution in [3.05, 3.63) is 35.4 Å². The number of carbonyl (C=O) groups is 2. The van der Waals surface area contributed by atoms with Crippen molar-refractivity contribution in [2.24, 2.45) is 5.92 Å². The van der Waals surface area contributed by atoms with Gasteiger partial charge in [-0.3, -0.25) is 9.59 Å². The summed E-state index contributed by atoms with van der Waals surface area (Å²) in [5.41, 5.74) is -0.313. The van der Waals surface area contributed by atoms with Crippen molar-refractivity contribution in [1.29, 1.82) is 0 Å². The molecule has 0 aliphatic rings. The third-order valence-electron chi connectivity index (χ3n) is 2.23. The predicted molar refractivity (Wildman–Crippen MR) is 56.5 cm³/mol. The molecule has 0 bridgehead atoms. The summed E-state index contributed by atoms with van der Waals surface area (Å²) in [6.07, 6.45) is 0. The molecule has 0 aliphatic heterocycles. The van der Waals surface area contributed by atoms with Gasteiger partial charge in [-0.1, -0.05) is 0 Å². The Morgan fingerprint density at radius 2 is 2.00 bits per heavy atom. The molecule has 0 aromatic heterocycles. The number of esters is 1. The van der Waals surface area contributed by atoms with Crippen molar-refractivity contribution in [2.45, 2.75) is 13.8 Å². The van der Waals surface area contributed by atoms with Crippen molar-refractivity contribution in [3.63, 3.8) is 0 Å². The zero-order valence-electron chi connectivity index (χ0n) is 9.50. The lowest BCUT2D eigenvalue weighted by molar-refractivity contribution is -0.145. The van der Waals surface area contributed by atoms with Crippen molar-refractivity contribution in [2.75, 3.05) is 6.61 Å². The fourth-order valence-electron chi connectivity index (χ4n) is 1.30. The second-order valence-corrected chi connectivity index (χ2v) is 3.46. The number of carbonyl (C=O) groups excluding carboxylic acids is 2. The normalized spacial score (nSPS) is 12.0. The van der Waals surface area contributed by atoms with Crippen LogP contribution >= 0.6 is 0 Å². The maximum Gasteiger partial charge on any atom is 0.316 e. The lowest BCUT2D eigenvalue weighted by Gasteiger charge is -2.09. The maximum absolute atomic E-state index is 13.3. The van der Waals surface area contributed by atoms with Crippen molar-refractivity contribution >= 4 is 11.8 Å². The molecule has 0 amide bonds. The zero-order chi connectivity index (χ0) is 13.0. The molecule has 3 nitrogen and oxygen atoms in total. The van der Waals surface area contributed by atoms with E-state index in [1.165, 1.54) is 6.92 Å². The predicted octanol–water partition coefficient (Wildman–Crippen LogP) is 2.35. The first-order valence-electron chi connectivity index (χ1n) is 5.13. The molecule has 17 heavy (non-hydrogen) atoms. The molecule has 1 atom stereocenters. The molecule has 0 fully saturated rings. The average molecular weight is 242 g/mol. The van der Waals surface area contributed by atoms with E-state index >= 15 is 0 Å². The van der Waals surface area contributed by atoms with Gasteiger partial charge in [-0.05, 0) is 26.0 Å². The van der Waals surface area contributed by atoms with E-state index in [2.05, 4.69) is 4.74 Å². The molecule has 0 spiro atoms. The summed E-state index contributed by atoms with van der Waals surface area (Å²) in [6, 6.07) is 2.59. The van der Waals surface area contributed by atoms with E-state index in [4.69, 9.17) is 0 Å². The van der Waals surface area contributed by atoms with Crippen LogP contribution in [0.4, 0.5) is 8.78 Å². The second-order valence-electron chi connectivity index (χ2n) is 3.46. The molecule has 0 heterocycles. The molecule has 0 N–H and O–H groups in total. The fourth-order valence-corrected chi connectivity index (χ4v) is 1.30. The average Bonchev–Trinajstić information content (AvgIpc) is 2.27. The van der Waals surface area contributed by atoms with E-state index in [1.807, 2.05) is 0 Å². The first-order valence-corrected chi connectivity index (χ1v) is 5.13. The van der Waals surface area contributed by atoms with Gasteiger partial charge in [0.1, 0.15) is 17.6 Å². The van der Waals surface area contributed by atoms with Gasteiger partial charge in [-0.15, -0.1) is 0 Å². The van der Waals surface area contributed by atoms with Gasteiger partial charge in [0.15, 0.2) is 5.78 Å².